The lowest BCUT2D eigenvalue weighted by atomic mass is 9.92. The van der Waals surface area contributed by atoms with Crippen LogP contribution >= 0.6 is 15.9 Å². The Labute approximate surface area is 242 Å². The number of piperidine rings is 1. The second-order valence-electron chi connectivity index (χ2n) is 11.3. The maximum absolute atomic E-state index is 12.4. The Bertz CT molecular complexity index is 1310. The number of hydrogen-bond donors (Lipinski definition) is 4. The Morgan fingerprint density at radius 1 is 0.975 bits per heavy atom. The van der Waals surface area contributed by atoms with Gasteiger partial charge in [0.05, 0.1) is 6.33 Å². The monoisotopic (exact) mass is 611 g/mol. The largest absolute Gasteiger partial charge is 0.430 e. The summed E-state index contributed by atoms with van der Waals surface area (Å²) in [5.74, 6) is 1.42. The van der Waals surface area contributed by atoms with Crippen molar-refractivity contribution < 1.29 is 9.63 Å². The minimum Gasteiger partial charge on any atom is -0.365 e. The van der Waals surface area contributed by atoms with E-state index in [2.05, 4.69) is 36.4 Å². The molecule has 1 aromatic carbocycles. The Morgan fingerprint density at radius 2 is 1.73 bits per heavy atom. The molecule has 3 fully saturated rings. The van der Waals surface area contributed by atoms with Gasteiger partial charge in [0.15, 0.2) is 17.0 Å². The molecule has 2 saturated carbocycles. The lowest BCUT2D eigenvalue weighted by Crippen LogP contribution is -2.41. The van der Waals surface area contributed by atoms with E-state index in [1.54, 1.807) is 5.06 Å². The van der Waals surface area contributed by atoms with E-state index in [9.17, 15) is 4.79 Å². The number of hydrogen-bond acceptors (Lipinski definition) is 9. The van der Waals surface area contributed by atoms with E-state index in [0.29, 0.717) is 42.9 Å². The minimum absolute atomic E-state index is 0.184. The van der Waals surface area contributed by atoms with Gasteiger partial charge < -0.3 is 25.8 Å². The van der Waals surface area contributed by atoms with Crippen LogP contribution in [-0.2, 0) is 4.84 Å². The normalized spacial score (nSPS) is 22.9. The maximum Gasteiger partial charge on any atom is 0.430 e. The standard InChI is InChI=1S/C28H38BrN9O2/c29-18-4-3-5-22(16-18)34-28(39)40-37-14-12-21(13-15-37)32-25-24-26(38(17-31-24)23-6-1-2-7-23)36-27(35-25)33-20-10-8-19(30)9-11-20/h3-5,16-17,19-21,23H,1-2,6-15,30H2,(H,34,39)(H2,32,33,35,36)/t19-,20-. The van der Waals surface area contributed by atoms with Crippen molar-refractivity contribution in [1.82, 2.24) is 24.6 Å². The number of nitrogens with two attached hydrogens (primary N) is 1. The average Bonchev–Trinajstić information content (AvgIpc) is 3.61. The van der Waals surface area contributed by atoms with Crippen molar-refractivity contribution in [3.05, 3.63) is 35.1 Å². The van der Waals surface area contributed by atoms with Gasteiger partial charge in [-0.1, -0.05) is 34.8 Å². The highest BCUT2D eigenvalue weighted by atomic mass is 79.9. The number of hydroxylamine groups is 2. The summed E-state index contributed by atoms with van der Waals surface area (Å²) in [6.45, 7) is 1.25. The number of nitrogens with one attached hydrogen (secondary N) is 3. The van der Waals surface area contributed by atoms with Gasteiger partial charge in [0.2, 0.25) is 5.95 Å². The molecule has 0 unspecified atom stereocenters. The molecule has 12 heteroatoms. The molecule has 2 aromatic heterocycles. The van der Waals surface area contributed by atoms with E-state index in [1.807, 2.05) is 30.6 Å². The highest BCUT2D eigenvalue weighted by Crippen LogP contribution is 2.34. The zero-order valence-electron chi connectivity index (χ0n) is 22.7. The highest BCUT2D eigenvalue weighted by Gasteiger charge is 2.27. The third-order valence-corrected chi connectivity index (χ3v) is 8.82. The maximum atomic E-state index is 12.4. The molecule has 6 rings (SSSR count). The summed E-state index contributed by atoms with van der Waals surface area (Å²) in [5.41, 5.74) is 8.52. The molecular weight excluding hydrogens is 574 g/mol. The molecule has 5 N–H and O–H groups in total. The number of amides is 1. The van der Waals surface area contributed by atoms with E-state index < -0.39 is 6.09 Å². The van der Waals surface area contributed by atoms with Crippen LogP contribution in [0.1, 0.15) is 70.3 Å². The van der Waals surface area contributed by atoms with E-state index in [-0.39, 0.29) is 6.04 Å². The predicted molar refractivity (Wildman–Crippen MR) is 159 cm³/mol. The molecule has 1 amide bonds. The van der Waals surface area contributed by atoms with Gasteiger partial charge in [-0.05, 0) is 69.6 Å². The molecule has 3 aliphatic rings. The van der Waals surface area contributed by atoms with Crippen LogP contribution in [-0.4, -0.2) is 61.9 Å². The number of halogens is 1. The molecule has 1 saturated heterocycles. The first-order valence-electron chi connectivity index (χ1n) is 14.5. The van der Waals surface area contributed by atoms with Crippen molar-refractivity contribution in [3.63, 3.8) is 0 Å². The zero-order valence-corrected chi connectivity index (χ0v) is 24.3. The second-order valence-corrected chi connectivity index (χ2v) is 12.2. The van der Waals surface area contributed by atoms with Crippen LogP contribution in [0.25, 0.3) is 11.2 Å². The molecule has 214 valence electrons. The van der Waals surface area contributed by atoms with Crippen LogP contribution in [0.5, 0.6) is 0 Å². The number of carbonyl (C=O) groups is 1. The third kappa shape index (κ3) is 6.50. The van der Waals surface area contributed by atoms with Gasteiger partial charge in [0, 0.05) is 47.4 Å². The van der Waals surface area contributed by atoms with Gasteiger partial charge >= 0.3 is 6.09 Å². The van der Waals surface area contributed by atoms with E-state index >= 15 is 0 Å². The molecule has 3 aromatic rings. The summed E-state index contributed by atoms with van der Waals surface area (Å²) < 4.78 is 3.14. The number of aromatic nitrogens is 4. The molecular formula is C28H38BrN9O2. The van der Waals surface area contributed by atoms with Crippen molar-refractivity contribution in [1.29, 1.82) is 0 Å². The van der Waals surface area contributed by atoms with Gasteiger partial charge in [-0.2, -0.15) is 9.97 Å². The average molecular weight is 613 g/mol. The van der Waals surface area contributed by atoms with Crippen LogP contribution in [0.3, 0.4) is 0 Å². The molecule has 0 radical (unpaired) electrons. The molecule has 40 heavy (non-hydrogen) atoms. The topological polar surface area (TPSA) is 135 Å². The van der Waals surface area contributed by atoms with Crippen LogP contribution in [0.15, 0.2) is 35.1 Å². The van der Waals surface area contributed by atoms with Crippen molar-refractivity contribution in [2.75, 3.05) is 29.0 Å². The Kier molecular flexibility index (Phi) is 8.35. The van der Waals surface area contributed by atoms with E-state index in [1.165, 1.54) is 12.8 Å². The van der Waals surface area contributed by atoms with Gasteiger partial charge in [0.1, 0.15) is 0 Å². The molecule has 0 spiro atoms. The van der Waals surface area contributed by atoms with Gasteiger partial charge in [-0.15, -0.1) is 5.06 Å². The molecule has 3 heterocycles. The Balaban J connectivity index is 1.12. The quantitative estimate of drug-likeness (QED) is 0.276. The molecule has 2 aliphatic carbocycles. The number of benzene rings is 1. The predicted octanol–water partition coefficient (Wildman–Crippen LogP) is 5.43. The summed E-state index contributed by atoms with van der Waals surface area (Å²) in [5, 5.41) is 11.8. The van der Waals surface area contributed by atoms with Crippen molar-refractivity contribution in [2.24, 2.45) is 5.73 Å². The third-order valence-electron chi connectivity index (χ3n) is 8.32. The second kappa shape index (κ2) is 12.3. The molecule has 0 atom stereocenters. The SMILES string of the molecule is N[C@H]1CC[C@H](Nc2nc(NC3CCN(OC(=O)Nc4cccc(Br)c4)CC3)c3ncn(C4CCCC4)c3n2)CC1. The smallest absolute Gasteiger partial charge is 0.365 e. The summed E-state index contributed by atoms with van der Waals surface area (Å²) in [7, 11) is 0. The van der Waals surface area contributed by atoms with Crippen LogP contribution in [0.2, 0.25) is 0 Å². The number of rotatable bonds is 7. The fourth-order valence-electron chi connectivity index (χ4n) is 6.09. The molecule has 0 bridgehead atoms. The number of nitrogens with zero attached hydrogens (tertiary/aromatic N) is 5. The van der Waals surface area contributed by atoms with Crippen LogP contribution in [0, 0.1) is 0 Å². The van der Waals surface area contributed by atoms with Gasteiger partial charge in [0.25, 0.3) is 0 Å². The van der Waals surface area contributed by atoms with Crippen molar-refractivity contribution in [3.8, 4) is 0 Å². The van der Waals surface area contributed by atoms with Gasteiger partial charge in [-0.3, -0.25) is 5.32 Å². The summed E-state index contributed by atoms with van der Waals surface area (Å²) in [6, 6.07) is 8.68. The van der Waals surface area contributed by atoms with Crippen molar-refractivity contribution in [2.45, 2.75) is 88.4 Å². The molecule has 11 nitrogen and oxygen atoms in total. The number of anilines is 3. The summed E-state index contributed by atoms with van der Waals surface area (Å²) >= 11 is 3.42. The van der Waals surface area contributed by atoms with Crippen LogP contribution in [0.4, 0.5) is 22.2 Å². The van der Waals surface area contributed by atoms with Gasteiger partial charge in [-0.25, -0.2) is 9.78 Å². The lowest BCUT2D eigenvalue weighted by molar-refractivity contribution is -0.106. The number of carbonyl (C=O) groups excluding carboxylic acids is 1. The lowest BCUT2D eigenvalue weighted by Gasteiger charge is -2.31. The molecule has 1 aliphatic heterocycles. The Hall–Kier alpha value is -2.96. The van der Waals surface area contributed by atoms with E-state index in [4.69, 9.17) is 25.5 Å². The first-order valence-corrected chi connectivity index (χ1v) is 15.3. The summed E-state index contributed by atoms with van der Waals surface area (Å²) in [4.78, 5) is 32.6. The highest BCUT2D eigenvalue weighted by molar-refractivity contribution is 9.10. The first-order chi connectivity index (χ1) is 19.5. The van der Waals surface area contributed by atoms with Crippen LogP contribution < -0.4 is 21.7 Å². The number of fused-ring (bicyclic) bond motifs is 1. The fourth-order valence-corrected chi connectivity index (χ4v) is 6.49. The Morgan fingerprint density at radius 3 is 2.48 bits per heavy atom. The fraction of sp³-hybridized carbons (Fsp3) is 0.571. The van der Waals surface area contributed by atoms with E-state index in [0.717, 1.165) is 72.8 Å². The summed E-state index contributed by atoms with van der Waals surface area (Å²) in [6.07, 6.45) is 12.0. The minimum atomic E-state index is -0.487. The first kappa shape index (κ1) is 27.2. The number of imidazole rings is 1. The van der Waals surface area contributed by atoms with Crippen molar-refractivity contribution >= 4 is 50.6 Å². The zero-order chi connectivity index (χ0) is 27.5.